The molecule has 2 N–H and O–H groups in total. The number of aryl methyl sites for hydroxylation is 1. The van der Waals surface area contributed by atoms with Gasteiger partial charge in [-0.05, 0) is 19.1 Å². The number of carbonyl (C=O) groups excluding carboxylic acids is 2. The zero-order valence-electron chi connectivity index (χ0n) is 13.4. The summed E-state index contributed by atoms with van der Waals surface area (Å²) in [7, 11) is 0. The molecular formula is C16H20N2O5S. The number of thioether (sulfide) groups is 1. The van der Waals surface area contributed by atoms with Crippen molar-refractivity contribution in [1.82, 2.24) is 4.90 Å². The number of carboxylic acids is 1. The fraction of sp³-hybridized carbons (Fsp3) is 0.438. The van der Waals surface area contributed by atoms with Gasteiger partial charge in [0.05, 0.1) is 24.7 Å². The summed E-state index contributed by atoms with van der Waals surface area (Å²) in [5, 5.41) is 11.7. The highest BCUT2D eigenvalue weighted by Crippen LogP contribution is 2.11. The Balaban J connectivity index is 1.71. The molecule has 1 heterocycles. The minimum absolute atomic E-state index is 0.0459. The van der Waals surface area contributed by atoms with Crippen molar-refractivity contribution in [2.45, 2.75) is 13.0 Å². The molecule has 1 saturated heterocycles. The molecule has 0 spiro atoms. The average Bonchev–Trinajstić information content (AvgIpc) is 2.57. The van der Waals surface area contributed by atoms with E-state index in [4.69, 9.17) is 9.84 Å². The van der Waals surface area contributed by atoms with Crippen LogP contribution in [-0.4, -0.2) is 65.1 Å². The third-order valence-electron chi connectivity index (χ3n) is 3.49. The fourth-order valence-corrected chi connectivity index (χ4v) is 2.90. The molecule has 8 heteroatoms. The lowest BCUT2D eigenvalue weighted by atomic mass is 10.2. The van der Waals surface area contributed by atoms with E-state index < -0.39 is 12.1 Å². The summed E-state index contributed by atoms with van der Waals surface area (Å²) < 4.78 is 5.07. The number of carbonyl (C=O) groups is 3. The smallest absolute Gasteiger partial charge is 0.334 e. The molecule has 130 valence electrons. The first kappa shape index (κ1) is 18.3. The minimum Gasteiger partial charge on any atom is -0.479 e. The van der Waals surface area contributed by atoms with Crippen molar-refractivity contribution >= 4 is 35.2 Å². The lowest BCUT2D eigenvalue weighted by Crippen LogP contribution is -2.49. The second kappa shape index (κ2) is 8.70. The SMILES string of the molecule is Cc1ccc(NC(=O)CSCC(=O)N2CCOC(C(=O)O)C2)cc1. The highest BCUT2D eigenvalue weighted by atomic mass is 32.2. The third-order valence-corrected chi connectivity index (χ3v) is 4.41. The van der Waals surface area contributed by atoms with Crippen LogP contribution >= 0.6 is 11.8 Å². The number of morpholine rings is 1. The van der Waals surface area contributed by atoms with E-state index in [1.807, 2.05) is 31.2 Å². The number of benzene rings is 1. The lowest BCUT2D eigenvalue weighted by molar-refractivity contribution is -0.158. The molecule has 1 aliphatic heterocycles. The first-order valence-corrected chi connectivity index (χ1v) is 8.67. The Kier molecular flexibility index (Phi) is 6.62. The van der Waals surface area contributed by atoms with Gasteiger partial charge in [0.2, 0.25) is 11.8 Å². The number of anilines is 1. The average molecular weight is 352 g/mol. The van der Waals surface area contributed by atoms with Gasteiger partial charge in [-0.25, -0.2) is 4.79 Å². The Morgan fingerprint density at radius 2 is 2.00 bits per heavy atom. The first-order chi connectivity index (χ1) is 11.5. The van der Waals surface area contributed by atoms with Crippen LogP contribution in [0.25, 0.3) is 0 Å². The highest BCUT2D eigenvalue weighted by Gasteiger charge is 2.28. The zero-order chi connectivity index (χ0) is 17.5. The summed E-state index contributed by atoms with van der Waals surface area (Å²) in [6.45, 7) is 2.60. The first-order valence-electron chi connectivity index (χ1n) is 7.52. The molecule has 1 fully saturated rings. The zero-order valence-corrected chi connectivity index (χ0v) is 14.2. The van der Waals surface area contributed by atoms with Gasteiger partial charge in [-0.2, -0.15) is 0 Å². The number of aliphatic carboxylic acids is 1. The van der Waals surface area contributed by atoms with Crippen LogP contribution in [0.15, 0.2) is 24.3 Å². The van der Waals surface area contributed by atoms with Gasteiger partial charge in [-0.15, -0.1) is 11.8 Å². The predicted octanol–water partition coefficient (Wildman–Crippen LogP) is 0.979. The van der Waals surface area contributed by atoms with E-state index in [1.165, 1.54) is 16.7 Å². The molecule has 7 nitrogen and oxygen atoms in total. The van der Waals surface area contributed by atoms with Crippen LogP contribution in [0.4, 0.5) is 5.69 Å². The van der Waals surface area contributed by atoms with Crippen LogP contribution in [0.2, 0.25) is 0 Å². The van der Waals surface area contributed by atoms with Gasteiger partial charge in [-0.1, -0.05) is 17.7 Å². The van der Waals surface area contributed by atoms with Gasteiger partial charge in [0.15, 0.2) is 6.10 Å². The fourth-order valence-electron chi connectivity index (χ4n) is 2.18. The van der Waals surface area contributed by atoms with Gasteiger partial charge in [0.25, 0.3) is 0 Å². The second-order valence-electron chi connectivity index (χ2n) is 5.44. The van der Waals surface area contributed by atoms with Crippen LogP contribution in [0.1, 0.15) is 5.56 Å². The molecule has 1 aromatic rings. The second-order valence-corrected chi connectivity index (χ2v) is 6.43. The Hall–Kier alpha value is -2.06. The number of hydrogen-bond donors (Lipinski definition) is 2. The molecule has 1 unspecified atom stereocenters. The number of carboxylic acid groups (broad SMARTS) is 1. The summed E-state index contributed by atoms with van der Waals surface area (Å²) in [6, 6.07) is 7.46. The van der Waals surface area contributed by atoms with Gasteiger partial charge in [0.1, 0.15) is 0 Å². The lowest BCUT2D eigenvalue weighted by Gasteiger charge is -2.30. The van der Waals surface area contributed by atoms with Crippen LogP contribution in [0.5, 0.6) is 0 Å². The summed E-state index contributed by atoms with van der Waals surface area (Å²) in [5.41, 5.74) is 1.83. The molecule has 2 rings (SSSR count). The van der Waals surface area contributed by atoms with Crippen molar-refractivity contribution in [2.24, 2.45) is 0 Å². The Bertz CT molecular complexity index is 605. The molecule has 0 saturated carbocycles. The predicted molar refractivity (Wildman–Crippen MR) is 91.1 cm³/mol. The van der Waals surface area contributed by atoms with Crippen LogP contribution in [0.3, 0.4) is 0 Å². The van der Waals surface area contributed by atoms with Crippen molar-refractivity contribution in [3.63, 3.8) is 0 Å². The molecule has 1 atom stereocenters. The normalized spacial score (nSPS) is 17.4. The highest BCUT2D eigenvalue weighted by molar-refractivity contribution is 8.00. The molecule has 24 heavy (non-hydrogen) atoms. The van der Waals surface area contributed by atoms with Gasteiger partial charge in [0, 0.05) is 12.2 Å². The van der Waals surface area contributed by atoms with Crippen LogP contribution < -0.4 is 5.32 Å². The standard InChI is InChI=1S/C16H20N2O5S/c1-11-2-4-12(5-3-11)17-14(19)9-24-10-15(20)18-6-7-23-13(8-18)16(21)22/h2-5,13H,6-10H2,1H3,(H,17,19)(H,21,22). The number of hydrogen-bond acceptors (Lipinski definition) is 5. The van der Waals surface area contributed by atoms with Crippen LogP contribution in [-0.2, 0) is 19.1 Å². The van der Waals surface area contributed by atoms with E-state index in [0.717, 1.165) is 11.3 Å². The van der Waals surface area contributed by atoms with Gasteiger partial charge >= 0.3 is 5.97 Å². The monoisotopic (exact) mass is 352 g/mol. The summed E-state index contributed by atoms with van der Waals surface area (Å²) in [4.78, 5) is 36.3. The maximum atomic E-state index is 12.1. The third kappa shape index (κ3) is 5.54. The van der Waals surface area contributed by atoms with E-state index in [2.05, 4.69) is 5.32 Å². The number of amides is 2. The number of nitrogens with one attached hydrogen (secondary N) is 1. The number of rotatable bonds is 6. The Labute approximate surface area is 144 Å². The van der Waals surface area contributed by atoms with E-state index in [0.29, 0.717) is 6.54 Å². The molecule has 1 aromatic carbocycles. The summed E-state index contributed by atoms with van der Waals surface area (Å²) in [6.07, 6.45) is -0.975. The topological polar surface area (TPSA) is 95.9 Å². The van der Waals surface area contributed by atoms with E-state index in [1.54, 1.807) is 0 Å². The number of ether oxygens (including phenoxy) is 1. The van der Waals surface area contributed by atoms with Gasteiger partial charge in [-0.3, -0.25) is 9.59 Å². The molecular weight excluding hydrogens is 332 g/mol. The molecule has 0 aromatic heterocycles. The minimum atomic E-state index is -1.07. The maximum absolute atomic E-state index is 12.1. The van der Waals surface area contributed by atoms with E-state index in [9.17, 15) is 14.4 Å². The number of nitrogens with zero attached hydrogens (tertiary/aromatic N) is 1. The van der Waals surface area contributed by atoms with Crippen molar-refractivity contribution < 1.29 is 24.2 Å². The Morgan fingerprint density at radius 1 is 1.29 bits per heavy atom. The van der Waals surface area contributed by atoms with Crippen molar-refractivity contribution in [2.75, 3.05) is 36.5 Å². The molecule has 0 bridgehead atoms. The van der Waals surface area contributed by atoms with Crippen LogP contribution in [0, 0.1) is 6.92 Å². The van der Waals surface area contributed by atoms with Crippen molar-refractivity contribution in [1.29, 1.82) is 0 Å². The largest absolute Gasteiger partial charge is 0.479 e. The molecule has 0 radical (unpaired) electrons. The van der Waals surface area contributed by atoms with E-state index in [-0.39, 0.29) is 36.5 Å². The molecule has 1 aliphatic rings. The molecule has 0 aliphatic carbocycles. The van der Waals surface area contributed by atoms with Crippen molar-refractivity contribution in [3.8, 4) is 0 Å². The molecule has 2 amide bonds. The van der Waals surface area contributed by atoms with Gasteiger partial charge < -0.3 is 20.1 Å². The summed E-state index contributed by atoms with van der Waals surface area (Å²) in [5.74, 6) is -1.14. The quantitative estimate of drug-likeness (QED) is 0.792. The summed E-state index contributed by atoms with van der Waals surface area (Å²) >= 11 is 1.20. The Morgan fingerprint density at radius 3 is 2.67 bits per heavy atom. The van der Waals surface area contributed by atoms with Crippen molar-refractivity contribution in [3.05, 3.63) is 29.8 Å². The maximum Gasteiger partial charge on any atom is 0.334 e. The van der Waals surface area contributed by atoms with E-state index >= 15 is 0 Å².